The van der Waals surface area contributed by atoms with Crippen LogP contribution in [0.4, 0.5) is 11.4 Å². The lowest BCUT2D eigenvalue weighted by Crippen LogP contribution is -2.40. The standard InChI is InChI=1S/C28H22N2O4/c31-29(32)23-15-11-21(12-16-23)27-25(19-7-3-1-4-8-19)28(26(27)20-9-5-2-6-10-20)22-13-17-24(18-14-22)30(33)34/h1-18,25-28H. The summed E-state index contributed by atoms with van der Waals surface area (Å²) >= 11 is 0. The van der Waals surface area contributed by atoms with E-state index in [0.717, 1.165) is 11.1 Å². The lowest BCUT2D eigenvalue weighted by atomic mass is 9.49. The van der Waals surface area contributed by atoms with Crippen LogP contribution in [0.5, 0.6) is 0 Å². The van der Waals surface area contributed by atoms with Gasteiger partial charge in [0.15, 0.2) is 0 Å². The molecule has 4 aromatic carbocycles. The minimum Gasteiger partial charge on any atom is -0.258 e. The van der Waals surface area contributed by atoms with Crippen LogP contribution in [0, 0.1) is 20.2 Å². The first kappa shape index (κ1) is 21.5. The van der Waals surface area contributed by atoms with Gasteiger partial charge in [-0.25, -0.2) is 0 Å². The number of nitro benzene ring substituents is 2. The molecule has 0 saturated heterocycles. The summed E-state index contributed by atoms with van der Waals surface area (Å²) in [6.07, 6.45) is 0. The fourth-order valence-electron chi connectivity index (χ4n) is 5.39. The average molecular weight is 450 g/mol. The number of nitro groups is 2. The lowest BCUT2D eigenvalue weighted by Gasteiger charge is -2.53. The van der Waals surface area contributed by atoms with Crippen LogP contribution in [0.25, 0.3) is 0 Å². The number of rotatable bonds is 6. The highest BCUT2D eigenvalue weighted by Crippen LogP contribution is 2.66. The van der Waals surface area contributed by atoms with Gasteiger partial charge in [-0.1, -0.05) is 84.9 Å². The number of hydrogen-bond acceptors (Lipinski definition) is 4. The molecule has 5 rings (SSSR count). The highest BCUT2D eigenvalue weighted by molar-refractivity contribution is 5.50. The number of non-ortho nitro benzene ring substituents is 2. The molecule has 0 N–H and O–H groups in total. The molecule has 0 heterocycles. The summed E-state index contributed by atoms with van der Waals surface area (Å²) in [6, 6.07) is 34.2. The van der Waals surface area contributed by atoms with Crippen LogP contribution in [-0.2, 0) is 0 Å². The van der Waals surface area contributed by atoms with Gasteiger partial charge < -0.3 is 0 Å². The lowest BCUT2D eigenvalue weighted by molar-refractivity contribution is -0.385. The molecule has 0 bridgehead atoms. The molecule has 1 aliphatic rings. The summed E-state index contributed by atoms with van der Waals surface area (Å²) in [5, 5.41) is 22.4. The minimum atomic E-state index is -0.381. The van der Waals surface area contributed by atoms with Crippen molar-refractivity contribution in [2.24, 2.45) is 0 Å². The summed E-state index contributed by atoms with van der Waals surface area (Å²) in [4.78, 5) is 21.7. The zero-order valence-corrected chi connectivity index (χ0v) is 18.2. The van der Waals surface area contributed by atoms with Crippen molar-refractivity contribution in [1.82, 2.24) is 0 Å². The van der Waals surface area contributed by atoms with Crippen molar-refractivity contribution >= 4 is 11.4 Å². The SMILES string of the molecule is O=[N+]([O-])c1ccc(C2C(c3ccccc3)C(c3ccc([N+](=O)[O-])cc3)C2c2ccccc2)cc1. The van der Waals surface area contributed by atoms with Crippen molar-refractivity contribution in [3.63, 3.8) is 0 Å². The minimum absolute atomic E-state index is 0.0718. The van der Waals surface area contributed by atoms with Crippen molar-refractivity contribution in [3.05, 3.63) is 152 Å². The predicted octanol–water partition coefficient (Wildman–Crippen LogP) is 6.95. The van der Waals surface area contributed by atoms with Gasteiger partial charge in [-0.05, 0) is 45.9 Å². The van der Waals surface area contributed by atoms with Crippen LogP contribution in [0.3, 0.4) is 0 Å². The smallest absolute Gasteiger partial charge is 0.258 e. The molecular formula is C28H22N2O4. The molecule has 0 unspecified atom stereocenters. The van der Waals surface area contributed by atoms with Gasteiger partial charge in [-0.3, -0.25) is 20.2 Å². The summed E-state index contributed by atoms with van der Waals surface area (Å²) in [7, 11) is 0. The van der Waals surface area contributed by atoms with Gasteiger partial charge in [0.1, 0.15) is 0 Å². The summed E-state index contributed by atoms with van der Waals surface area (Å²) in [5.41, 5.74) is 4.60. The third kappa shape index (κ3) is 3.83. The van der Waals surface area contributed by atoms with Crippen LogP contribution in [0.15, 0.2) is 109 Å². The van der Waals surface area contributed by atoms with Crippen LogP contribution in [0.2, 0.25) is 0 Å². The first-order valence-corrected chi connectivity index (χ1v) is 11.1. The van der Waals surface area contributed by atoms with E-state index in [4.69, 9.17) is 0 Å². The maximum Gasteiger partial charge on any atom is 0.269 e. The molecule has 1 fully saturated rings. The van der Waals surface area contributed by atoms with E-state index in [2.05, 4.69) is 24.3 Å². The van der Waals surface area contributed by atoms with E-state index in [0.29, 0.717) is 0 Å². The maximum atomic E-state index is 11.2. The fourth-order valence-corrected chi connectivity index (χ4v) is 5.39. The summed E-state index contributed by atoms with van der Waals surface area (Å²) in [5.74, 6) is 0.445. The average Bonchev–Trinajstić information content (AvgIpc) is 2.85. The normalized spacial score (nSPS) is 21.4. The second kappa shape index (κ2) is 8.90. The van der Waals surface area contributed by atoms with E-state index >= 15 is 0 Å². The molecule has 6 heteroatoms. The Hall–Kier alpha value is -4.32. The van der Waals surface area contributed by atoms with Crippen molar-refractivity contribution in [1.29, 1.82) is 0 Å². The van der Waals surface area contributed by atoms with Gasteiger partial charge in [-0.15, -0.1) is 0 Å². The van der Waals surface area contributed by atoms with Gasteiger partial charge in [-0.2, -0.15) is 0 Å². The van der Waals surface area contributed by atoms with E-state index in [1.807, 2.05) is 60.7 Å². The molecule has 1 saturated carbocycles. The second-order valence-corrected chi connectivity index (χ2v) is 8.62. The van der Waals surface area contributed by atoms with Crippen LogP contribution in [0.1, 0.15) is 45.9 Å². The number of benzene rings is 4. The first-order valence-electron chi connectivity index (χ1n) is 11.1. The predicted molar refractivity (Wildman–Crippen MR) is 130 cm³/mol. The van der Waals surface area contributed by atoms with Gasteiger partial charge >= 0.3 is 0 Å². The molecule has 0 radical (unpaired) electrons. The molecule has 0 amide bonds. The molecule has 6 nitrogen and oxygen atoms in total. The Morgan fingerprint density at radius 2 is 0.676 bits per heavy atom. The van der Waals surface area contributed by atoms with E-state index in [-0.39, 0.29) is 44.9 Å². The van der Waals surface area contributed by atoms with Gasteiger partial charge in [0.2, 0.25) is 0 Å². The molecular weight excluding hydrogens is 428 g/mol. The molecule has 1 aliphatic carbocycles. The van der Waals surface area contributed by atoms with Gasteiger partial charge in [0.05, 0.1) is 9.85 Å². The van der Waals surface area contributed by atoms with E-state index < -0.39 is 0 Å². The van der Waals surface area contributed by atoms with Crippen LogP contribution < -0.4 is 0 Å². The second-order valence-electron chi connectivity index (χ2n) is 8.62. The van der Waals surface area contributed by atoms with Gasteiger partial charge in [0, 0.05) is 24.3 Å². The van der Waals surface area contributed by atoms with Gasteiger partial charge in [0.25, 0.3) is 11.4 Å². The van der Waals surface area contributed by atoms with Crippen molar-refractivity contribution in [2.45, 2.75) is 23.7 Å². The monoisotopic (exact) mass is 450 g/mol. The molecule has 4 aromatic rings. The molecule has 34 heavy (non-hydrogen) atoms. The van der Waals surface area contributed by atoms with Crippen molar-refractivity contribution in [3.8, 4) is 0 Å². The fraction of sp³-hybridized carbons (Fsp3) is 0.143. The van der Waals surface area contributed by atoms with E-state index in [9.17, 15) is 20.2 Å². The van der Waals surface area contributed by atoms with Crippen LogP contribution in [-0.4, -0.2) is 9.85 Å². The Balaban J connectivity index is 1.64. The zero-order chi connectivity index (χ0) is 23.7. The number of nitrogens with zero attached hydrogens (tertiary/aromatic N) is 2. The Labute approximate surface area is 196 Å². The highest BCUT2D eigenvalue weighted by atomic mass is 16.6. The zero-order valence-electron chi connectivity index (χ0n) is 18.2. The molecule has 0 atom stereocenters. The molecule has 168 valence electrons. The molecule has 0 aliphatic heterocycles. The Kier molecular flexibility index (Phi) is 5.64. The van der Waals surface area contributed by atoms with E-state index in [1.165, 1.54) is 11.1 Å². The quantitative estimate of drug-likeness (QED) is 0.235. The Bertz CT molecular complexity index is 1190. The number of hydrogen-bond donors (Lipinski definition) is 0. The summed E-state index contributed by atoms with van der Waals surface area (Å²) < 4.78 is 0. The Morgan fingerprint density at radius 3 is 0.941 bits per heavy atom. The van der Waals surface area contributed by atoms with Crippen LogP contribution >= 0.6 is 0 Å². The third-order valence-corrected chi connectivity index (χ3v) is 6.89. The Morgan fingerprint density at radius 1 is 0.412 bits per heavy atom. The topological polar surface area (TPSA) is 86.3 Å². The molecule has 0 aromatic heterocycles. The highest BCUT2D eigenvalue weighted by Gasteiger charge is 2.52. The maximum absolute atomic E-state index is 11.2. The molecule has 0 spiro atoms. The van der Waals surface area contributed by atoms with E-state index in [1.54, 1.807) is 24.3 Å². The first-order chi connectivity index (χ1) is 16.5. The largest absolute Gasteiger partial charge is 0.269 e. The van der Waals surface area contributed by atoms with Crippen molar-refractivity contribution < 1.29 is 9.85 Å². The summed E-state index contributed by atoms with van der Waals surface area (Å²) in [6.45, 7) is 0. The van der Waals surface area contributed by atoms with Crippen molar-refractivity contribution in [2.75, 3.05) is 0 Å². The third-order valence-electron chi connectivity index (χ3n) is 6.89.